The summed E-state index contributed by atoms with van der Waals surface area (Å²) in [6, 6.07) is 11.2. The summed E-state index contributed by atoms with van der Waals surface area (Å²) < 4.78 is 32.5. The summed E-state index contributed by atoms with van der Waals surface area (Å²) in [5.74, 6) is -0.653. The van der Waals surface area contributed by atoms with Crippen LogP contribution in [0.5, 0.6) is 0 Å². The van der Waals surface area contributed by atoms with Crippen molar-refractivity contribution in [2.45, 2.75) is 25.2 Å². The maximum Gasteiger partial charge on any atom is 0.326 e. The van der Waals surface area contributed by atoms with E-state index in [9.17, 15) is 13.2 Å². The summed E-state index contributed by atoms with van der Waals surface area (Å²) >= 11 is 12.1. The number of rotatable bonds is 7. The van der Waals surface area contributed by atoms with Gasteiger partial charge in [-0.3, -0.25) is 9.10 Å². The highest BCUT2D eigenvalue weighted by Gasteiger charge is 2.31. The Morgan fingerprint density at radius 2 is 1.81 bits per heavy atom. The van der Waals surface area contributed by atoms with E-state index in [1.54, 1.807) is 19.1 Å². The lowest BCUT2D eigenvalue weighted by Crippen LogP contribution is -2.37. The topological polar surface area (TPSA) is 63.7 Å². The average molecular weight is 416 g/mol. The van der Waals surface area contributed by atoms with E-state index in [2.05, 4.69) is 0 Å². The third-order valence-electron chi connectivity index (χ3n) is 3.68. The fourth-order valence-corrected chi connectivity index (χ4v) is 4.66. The van der Waals surface area contributed by atoms with Gasteiger partial charge in [-0.15, -0.1) is 0 Å². The average Bonchev–Trinajstić information content (AvgIpc) is 2.61. The van der Waals surface area contributed by atoms with Crippen molar-refractivity contribution in [1.82, 2.24) is 0 Å². The first kappa shape index (κ1) is 20.6. The van der Waals surface area contributed by atoms with Crippen molar-refractivity contribution in [3.8, 4) is 0 Å². The van der Waals surface area contributed by atoms with E-state index in [1.165, 1.54) is 18.2 Å². The number of anilines is 1. The normalized spacial score (nSPS) is 11.2. The predicted molar refractivity (Wildman–Crippen MR) is 103 cm³/mol. The minimum absolute atomic E-state index is 0.0252. The van der Waals surface area contributed by atoms with Crippen LogP contribution >= 0.6 is 23.2 Å². The molecule has 0 aliphatic heterocycles. The summed E-state index contributed by atoms with van der Waals surface area (Å²) in [4.78, 5) is 11.9. The predicted octanol–water partition coefficient (Wildman–Crippen LogP) is 4.31. The van der Waals surface area contributed by atoms with Gasteiger partial charge in [0.25, 0.3) is 10.0 Å². The molecule has 0 aliphatic rings. The highest BCUT2D eigenvalue weighted by Crippen LogP contribution is 2.32. The standard InChI is InChI=1S/C18H19Cl2NO4S/c1-3-13-7-5-6-8-16(13)21(12-18(22)25-4-2)26(23,24)17-11-14(19)9-10-15(17)20/h5-11H,3-4,12H2,1-2H3. The zero-order chi connectivity index (χ0) is 19.3. The first-order valence-electron chi connectivity index (χ1n) is 8.02. The smallest absolute Gasteiger partial charge is 0.326 e. The lowest BCUT2D eigenvalue weighted by molar-refractivity contribution is -0.141. The Morgan fingerprint density at radius 1 is 1.12 bits per heavy atom. The number of carbonyl (C=O) groups is 1. The molecule has 0 radical (unpaired) electrons. The van der Waals surface area contributed by atoms with E-state index in [4.69, 9.17) is 27.9 Å². The van der Waals surface area contributed by atoms with Gasteiger partial charge in [0, 0.05) is 5.02 Å². The number of ether oxygens (including phenoxy) is 1. The molecule has 5 nitrogen and oxygen atoms in total. The van der Waals surface area contributed by atoms with E-state index in [0.29, 0.717) is 12.1 Å². The number of para-hydroxylation sites is 1. The summed E-state index contributed by atoms with van der Waals surface area (Å²) in [6.07, 6.45) is 0.592. The Kier molecular flexibility index (Phi) is 6.92. The van der Waals surface area contributed by atoms with Crippen molar-refractivity contribution in [3.63, 3.8) is 0 Å². The second-order valence-electron chi connectivity index (χ2n) is 5.37. The monoisotopic (exact) mass is 415 g/mol. The van der Waals surface area contributed by atoms with Crippen LogP contribution < -0.4 is 4.31 Å². The highest BCUT2D eigenvalue weighted by molar-refractivity contribution is 7.93. The maximum atomic E-state index is 13.3. The van der Waals surface area contributed by atoms with Crippen molar-refractivity contribution in [2.75, 3.05) is 17.5 Å². The Bertz CT molecular complexity index is 900. The lowest BCUT2D eigenvalue weighted by Gasteiger charge is -2.26. The molecule has 0 bridgehead atoms. The van der Waals surface area contributed by atoms with E-state index >= 15 is 0 Å². The van der Waals surface area contributed by atoms with Gasteiger partial charge in [0.05, 0.1) is 17.3 Å². The molecule has 2 aromatic carbocycles. The Balaban J connectivity index is 2.62. The lowest BCUT2D eigenvalue weighted by atomic mass is 10.1. The number of esters is 1. The number of nitrogens with zero attached hydrogens (tertiary/aromatic N) is 1. The van der Waals surface area contributed by atoms with Crippen molar-refractivity contribution in [2.24, 2.45) is 0 Å². The first-order chi connectivity index (χ1) is 12.3. The molecule has 140 valence electrons. The second kappa shape index (κ2) is 8.75. The summed E-state index contributed by atoms with van der Waals surface area (Å²) in [5.41, 5.74) is 1.18. The number of benzene rings is 2. The van der Waals surface area contributed by atoms with Crippen LogP contribution in [0.15, 0.2) is 47.4 Å². The molecule has 2 aromatic rings. The molecular weight excluding hydrogens is 397 g/mol. The molecule has 0 spiro atoms. The van der Waals surface area contributed by atoms with Crippen molar-refractivity contribution < 1.29 is 17.9 Å². The molecule has 8 heteroatoms. The third-order valence-corrected chi connectivity index (χ3v) is 6.16. The van der Waals surface area contributed by atoms with Gasteiger partial charge in [-0.1, -0.05) is 48.3 Å². The molecule has 0 saturated heterocycles. The largest absolute Gasteiger partial charge is 0.465 e. The van der Waals surface area contributed by atoms with Gasteiger partial charge in [0.2, 0.25) is 0 Å². The van der Waals surface area contributed by atoms with Gasteiger partial charge < -0.3 is 4.74 Å². The summed E-state index contributed by atoms with van der Waals surface area (Å²) in [7, 11) is -4.14. The van der Waals surface area contributed by atoms with Gasteiger partial charge in [0.1, 0.15) is 11.4 Å². The van der Waals surface area contributed by atoms with Crippen molar-refractivity contribution >= 4 is 44.9 Å². The fraction of sp³-hybridized carbons (Fsp3) is 0.278. The zero-order valence-electron chi connectivity index (χ0n) is 14.4. The molecule has 2 rings (SSSR count). The molecule has 0 atom stereocenters. The minimum Gasteiger partial charge on any atom is -0.465 e. The van der Waals surface area contributed by atoms with Crippen LogP contribution in [-0.4, -0.2) is 27.5 Å². The van der Waals surface area contributed by atoms with Crippen molar-refractivity contribution in [3.05, 3.63) is 58.1 Å². The quantitative estimate of drug-likeness (QED) is 0.631. The molecule has 26 heavy (non-hydrogen) atoms. The van der Waals surface area contributed by atoms with E-state index in [1.807, 2.05) is 19.1 Å². The zero-order valence-corrected chi connectivity index (χ0v) is 16.7. The number of hydrogen-bond donors (Lipinski definition) is 0. The second-order valence-corrected chi connectivity index (χ2v) is 8.05. The van der Waals surface area contributed by atoms with Crippen LogP contribution in [0.1, 0.15) is 19.4 Å². The minimum atomic E-state index is -4.14. The number of sulfonamides is 1. The number of halogens is 2. The summed E-state index contributed by atoms with van der Waals surface area (Å²) in [6.45, 7) is 3.25. The molecule has 0 aromatic heterocycles. The van der Waals surface area contributed by atoms with Gasteiger partial charge in [0.15, 0.2) is 0 Å². The van der Waals surface area contributed by atoms with Crippen LogP contribution in [0, 0.1) is 0 Å². The first-order valence-corrected chi connectivity index (χ1v) is 10.2. The molecule has 0 amide bonds. The van der Waals surface area contributed by atoms with Crippen molar-refractivity contribution in [1.29, 1.82) is 0 Å². The fourth-order valence-electron chi connectivity index (χ4n) is 2.47. The SMILES string of the molecule is CCOC(=O)CN(c1ccccc1CC)S(=O)(=O)c1cc(Cl)ccc1Cl. The summed E-state index contributed by atoms with van der Waals surface area (Å²) in [5, 5.41) is 0.255. The Morgan fingerprint density at radius 3 is 2.46 bits per heavy atom. The molecule has 0 N–H and O–H groups in total. The maximum absolute atomic E-state index is 13.3. The molecular formula is C18H19Cl2NO4S. The van der Waals surface area contributed by atoms with Crippen LogP contribution in [-0.2, 0) is 26.0 Å². The van der Waals surface area contributed by atoms with Crippen LogP contribution in [0.25, 0.3) is 0 Å². The highest BCUT2D eigenvalue weighted by atomic mass is 35.5. The number of hydrogen-bond acceptors (Lipinski definition) is 4. The van der Waals surface area contributed by atoms with Gasteiger partial charge in [-0.05, 0) is 43.2 Å². The molecule has 0 aliphatic carbocycles. The van der Waals surface area contributed by atoms with Crippen LogP contribution in [0.4, 0.5) is 5.69 Å². The van der Waals surface area contributed by atoms with E-state index in [-0.39, 0.29) is 21.5 Å². The van der Waals surface area contributed by atoms with Crippen LogP contribution in [0.3, 0.4) is 0 Å². The van der Waals surface area contributed by atoms with Gasteiger partial charge in [-0.25, -0.2) is 8.42 Å². The third kappa shape index (κ3) is 4.50. The Labute approximate surface area is 163 Å². The molecule has 0 fully saturated rings. The Hall–Kier alpha value is -1.76. The van der Waals surface area contributed by atoms with E-state index in [0.717, 1.165) is 9.87 Å². The molecule has 0 unspecified atom stereocenters. The van der Waals surface area contributed by atoms with Crippen LogP contribution in [0.2, 0.25) is 10.0 Å². The molecule has 0 saturated carbocycles. The number of carbonyl (C=O) groups excluding carboxylic acids is 1. The number of aryl methyl sites for hydroxylation is 1. The molecule has 0 heterocycles. The van der Waals surface area contributed by atoms with Gasteiger partial charge in [-0.2, -0.15) is 0 Å². The van der Waals surface area contributed by atoms with Gasteiger partial charge >= 0.3 is 5.97 Å². The van der Waals surface area contributed by atoms with E-state index < -0.39 is 22.5 Å².